The second-order valence-electron chi connectivity index (χ2n) is 7.71. The topological polar surface area (TPSA) is 59.8 Å². The lowest BCUT2D eigenvalue weighted by Crippen LogP contribution is -2.36. The Morgan fingerprint density at radius 2 is 2.06 bits per heavy atom. The molecule has 2 heterocycles. The predicted octanol–water partition coefficient (Wildman–Crippen LogP) is 5.18. The normalized spacial score (nSPS) is 16.2. The summed E-state index contributed by atoms with van der Waals surface area (Å²) in [6.45, 7) is 7.87. The number of allylic oxidation sites excluding steroid dienone is 5. The first kappa shape index (κ1) is 22.5. The molecule has 0 unspecified atom stereocenters. The van der Waals surface area contributed by atoms with E-state index >= 15 is 0 Å². The van der Waals surface area contributed by atoms with E-state index in [2.05, 4.69) is 35.0 Å². The molecule has 0 spiro atoms. The molecule has 1 N–H and O–H groups in total. The number of hydrogen-bond acceptors (Lipinski definition) is 3. The molecule has 31 heavy (non-hydrogen) atoms. The number of pyridine rings is 1. The van der Waals surface area contributed by atoms with Crippen molar-refractivity contribution in [2.75, 3.05) is 0 Å². The van der Waals surface area contributed by atoms with E-state index in [1.807, 2.05) is 25.1 Å². The van der Waals surface area contributed by atoms with Crippen LogP contribution in [0.15, 0.2) is 54.8 Å². The molecule has 5 nitrogen and oxygen atoms in total. The number of carbonyl (C=O) groups is 1. The molecule has 2 aromatic rings. The highest BCUT2D eigenvalue weighted by Gasteiger charge is 2.46. The van der Waals surface area contributed by atoms with Gasteiger partial charge in [0, 0.05) is 24.9 Å². The summed E-state index contributed by atoms with van der Waals surface area (Å²) in [4.78, 5) is 17.2. The molecule has 0 saturated heterocycles. The van der Waals surface area contributed by atoms with Gasteiger partial charge in [0.1, 0.15) is 5.69 Å². The standard InChI is InChI=1S/C23H25F3N4O/c1-5-7-16(12-15(3)6-2)18-9-8-17(14-27-18)22(10-11-22)28-21(31)19-13-20(23(24,25)26)29-30(19)4/h5,7-9,12-14H,1,6,10-11H2,2-4H3,(H,28,31)/b15-12+,16-7+. The third-order valence-electron chi connectivity index (χ3n) is 5.37. The number of carbonyl (C=O) groups excluding carboxylic acids is 1. The Hall–Kier alpha value is -3.16. The first-order chi connectivity index (χ1) is 14.6. The van der Waals surface area contributed by atoms with E-state index in [-0.39, 0.29) is 5.69 Å². The van der Waals surface area contributed by atoms with Gasteiger partial charge in [-0.05, 0) is 37.8 Å². The van der Waals surface area contributed by atoms with Gasteiger partial charge in [-0.25, -0.2) is 0 Å². The fraction of sp³-hybridized carbons (Fsp3) is 0.348. The first-order valence-electron chi connectivity index (χ1n) is 10.00. The van der Waals surface area contributed by atoms with E-state index in [1.165, 1.54) is 12.6 Å². The highest BCUT2D eigenvalue weighted by Crippen LogP contribution is 2.45. The van der Waals surface area contributed by atoms with E-state index in [0.717, 1.165) is 34.0 Å². The van der Waals surface area contributed by atoms with Crippen molar-refractivity contribution < 1.29 is 18.0 Å². The van der Waals surface area contributed by atoms with Crippen LogP contribution in [0.2, 0.25) is 0 Å². The molecule has 0 aromatic carbocycles. The summed E-state index contributed by atoms with van der Waals surface area (Å²) in [5, 5.41) is 6.27. The average molecular weight is 430 g/mol. The summed E-state index contributed by atoms with van der Waals surface area (Å²) in [6.07, 6.45) is 5.05. The van der Waals surface area contributed by atoms with Gasteiger partial charge in [-0.2, -0.15) is 18.3 Å². The van der Waals surface area contributed by atoms with Crippen LogP contribution in [0, 0.1) is 0 Å². The molecule has 1 amide bonds. The number of aromatic nitrogens is 3. The minimum Gasteiger partial charge on any atom is -0.341 e. The molecule has 3 rings (SSSR count). The SMILES string of the molecule is C=C/C=C(\C=C(/C)CC)c1ccc(C2(NC(=O)c3cc(C(F)(F)F)nn3C)CC2)cn1. The van der Waals surface area contributed by atoms with E-state index in [4.69, 9.17) is 0 Å². The minimum atomic E-state index is -4.60. The molecule has 1 aliphatic carbocycles. The number of amides is 1. The number of nitrogens with one attached hydrogen (secondary N) is 1. The zero-order chi connectivity index (χ0) is 22.8. The van der Waals surface area contributed by atoms with E-state index in [1.54, 1.807) is 12.3 Å². The maximum absolute atomic E-state index is 12.9. The van der Waals surface area contributed by atoms with Gasteiger partial charge in [0.25, 0.3) is 5.91 Å². The molecule has 1 aliphatic rings. The quantitative estimate of drug-likeness (QED) is 0.616. The molecule has 0 aliphatic heterocycles. The van der Waals surface area contributed by atoms with Crippen LogP contribution in [0.1, 0.15) is 60.5 Å². The Labute approximate surface area is 179 Å². The van der Waals surface area contributed by atoms with Crippen molar-refractivity contribution in [1.82, 2.24) is 20.1 Å². The van der Waals surface area contributed by atoms with Gasteiger partial charge in [-0.3, -0.25) is 14.5 Å². The lowest BCUT2D eigenvalue weighted by molar-refractivity contribution is -0.141. The molecular weight excluding hydrogens is 405 g/mol. The van der Waals surface area contributed by atoms with Gasteiger partial charge in [0.15, 0.2) is 5.69 Å². The van der Waals surface area contributed by atoms with Crippen LogP contribution >= 0.6 is 0 Å². The van der Waals surface area contributed by atoms with E-state index in [9.17, 15) is 18.0 Å². The lowest BCUT2D eigenvalue weighted by atomic mass is 10.0. The van der Waals surface area contributed by atoms with E-state index in [0.29, 0.717) is 12.8 Å². The molecule has 2 aromatic heterocycles. The number of aryl methyl sites for hydroxylation is 1. The molecular formula is C23H25F3N4O. The van der Waals surface area contributed by atoms with Gasteiger partial charge in [0.2, 0.25) is 0 Å². The summed E-state index contributed by atoms with van der Waals surface area (Å²) < 4.78 is 39.6. The largest absolute Gasteiger partial charge is 0.435 e. The summed E-state index contributed by atoms with van der Waals surface area (Å²) in [6, 6.07) is 4.54. The van der Waals surface area contributed by atoms with Crippen molar-refractivity contribution in [3.63, 3.8) is 0 Å². The minimum absolute atomic E-state index is 0.139. The number of hydrogen-bond donors (Lipinski definition) is 1. The molecule has 8 heteroatoms. The van der Waals surface area contributed by atoms with Crippen molar-refractivity contribution in [3.8, 4) is 0 Å². The van der Waals surface area contributed by atoms with Crippen molar-refractivity contribution >= 4 is 11.5 Å². The van der Waals surface area contributed by atoms with Gasteiger partial charge < -0.3 is 5.32 Å². The summed E-state index contributed by atoms with van der Waals surface area (Å²) in [7, 11) is 1.32. The van der Waals surface area contributed by atoms with Gasteiger partial charge in [0.05, 0.1) is 11.2 Å². The highest BCUT2D eigenvalue weighted by atomic mass is 19.4. The Morgan fingerprint density at radius 1 is 1.35 bits per heavy atom. The molecule has 0 bridgehead atoms. The smallest absolute Gasteiger partial charge is 0.341 e. The lowest BCUT2D eigenvalue weighted by Gasteiger charge is -2.18. The molecule has 164 valence electrons. The third-order valence-corrected chi connectivity index (χ3v) is 5.37. The number of rotatable bonds is 7. The fourth-order valence-corrected chi connectivity index (χ4v) is 3.26. The molecule has 1 saturated carbocycles. The van der Waals surface area contributed by atoms with Crippen molar-refractivity contribution in [2.45, 2.75) is 44.8 Å². The maximum Gasteiger partial charge on any atom is 0.435 e. The van der Waals surface area contributed by atoms with Crippen LogP contribution in [0.25, 0.3) is 5.57 Å². The van der Waals surface area contributed by atoms with Crippen molar-refractivity contribution in [3.05, 3.63) is 77.4 Å². The molecule has 0 radical (unpaired) electrons. The van der Waals surface area contributed by atoms with Crippen molar-refractivity contribution in [1.29, 1.82) is 0 Å². The predicted molar refractivity (Wildman–Crippen MR) is 113 cm³/mol. The first-order valence-corrected chi connectivity index (χ1v) is 10.00. The second-order valence-corrected chi connectivity index (χ2v) is 7.71. The Balaban J connectivity index is 1.81. The number of nitrogens with zero attached hydrogens (tertiary/aromatic N) is 3. The van der Waals surface area contributed by atoms with Crippen molar-refractivity contribution in [2.24, 2.45) is 7.05 Å². The maximum atomic E-state index is 12.9. The van der Waals surface area contributed by atoms with E-state index < -0.39 is 23.3 Å². The Morgan fingerprint density at radius 3 is 2.55 bits per heavy atom. The third kappa shape index (κ3) is 4.95. The van der Waals surface area contributed by atoms with Crippen LogP contribution in [0.3, 0.4) is 0 Å². The Bertz CT molecular complexity index is 1040. The number of halogens is 3. The van der Waals surface area contributed by atoms with Crippen LogP contribution in [-0.4, -0.2) is 20.7 Å². The summed E-state index contributed by atoms with van der Waals surface area (Å²) in [5.41, 5.74) is 1.89. The fourth-order valence-electron chi connectivity index (χ4n) is 3.26. The van der Waals surface area contributed by atoms with Gasteiger partial charge in [-0.15, -0.1) is 0 Å². The average Bonchev–Trinajstić information content (AvgIpc) is 3.38. The van der Waals surface area contributed by atoms with Crippen LogP contribution in [0.4, 0.5) is 13.2 Å². The zero-order valence-corrected chi connectivity index (χ0v) is 17.8. The summed E-state index contributed by atoms with van der Waals surface area (Å²) in [5.74, 6) is -0.596. The Kier molecular flexibility index (Phi) is 6.20. The zero-order valence-electron chi connectivity index (χ0n) is 17.8. The van der Waals surface area contributed by atoms with Gasteiger partial charge in [-0.1, -0.05) is 43.4 Å². The number of alkyl halides is 3. The highest BCUT2D eigenvalue weighted by molar-refractivity contribution is 5.93. The summed E-state index contributed by atoms with van der Waals surface area (Å²) >= 11 is 0. The monoisotopic (exact) mass is 430 g/mol. The molecule has 1 fully saturated rings. The van der Waals surface area contributed by atoms with Crippen LogP contribution in [-0.2, 0) is 18.8 Å². The van der Waals surface area contributed by atoms with Gasteiger partial charge >= 0.3 is 6.18 Å². The van der Waals surface area contributed by atoms with Crippen LogP contribution < -0.4 is 5.32 Å². The second kappa shape index (κ2) is 8.53. The molecule has 0 atom stereocenters. The van der Waals surface area contributed by atoms with Crippen LogP contribution in [0.5, 0.6) is 0 Å².